The SMILES string of the molecule is N[C@H](CSc1nccn1-c1ccccc1)Cc1cnc[nH]1. The van der Waals surface area contributed by atoms with E-state index < -0.39 is 0 Å². The van der Waals surface area contributed by atoms with Crippen molar-refractivity contribution < 1.29 is 0 Å². The van der Waals surface area contributed by atoms with Crippen molar-refractivity contribution in [3.63, 3.8) is 0 Å². The summed E-state index contributed by atoms with van der Waals surface area (Å²) in [5.74, 6) is 0.808. The Morgan fingerprint density at radius 1 is 1.29 bits per heavy atom. The van der Waals surface area contributed by atoms with Gasteiger partial charge in [0, 0.05) is 48.2 Å². The lowest BCUT2D eigenvalue weighted by atomic mass is 10.2. The molecule has 0 aliphatic heterocycles. The number of hydrogen-bond acceptors (Lipinski definition) is 4. The molecule has 108 valence electrons. The van der Waals surface area contributed by atoms with E-state index in [0.717, 1.165) is 28.7 Å². The van der Waals surface area contributed by atoms with Gasteiger partial charge in [-0.05, 0) is 12.1 Å². The van der Waals surface area contributed by atoms with Crippen LogP contribution in [0.5, 0.6) is 0 Å². The molecule has 5 nitrogen and oxygen atoms in total. The average Bonchev–Trinajstić information content (AvgIpc) is 3.17. The van der Waals surface area contributed by atoms with E-state index in [1.54, 1.807) is 18.1 Å². The maximum atomic E-state index is 6.16. The molecule has 0 amide bonds. The Labute approximate surface area is 127 Å². The van der Waals surface area contributed by atoms with Gasteiger partial charge >= 0.3 is 0 Å². The molecule has 0 aliphatic carbocycles. The smallest absolute Gasteiger partial charge is 0.172 e. The number of nitrogens with two attached hydrogens (primary N) is 1. The number of benzene rings is 1. The summed E-state index contributed by atoms with van der Waals surface area (Å²) >= 11 is 1.67. The second kappa shape index (κ2) is 6.60. The first-order chi connectivity index (χ1) is 10.3. The van der Waals surface area contributed by atoms with Crippen LogP contribution in [0, 0.1) is 0 Å². The van der Waals surface area contributed by atoms with Gasteiger partial charge in [-0.25, -0.2) is 9.97 Å². The number of aromatic nitrogens is 4. The number of nitrogens with zero attached hydrogens (tertiary/aromatic N) is 3. The van der Waals surface area contributed by atoms with Crippen molar-refractivity contribution in [3.8, 4) is 5.69 Å². The lowest BCUT2D eigenvalue weighted by Gasteiger charge is -2.11. The Kier molecular flexibility index (Phi) is 4.37. The maximum Gasteiger partial charge on any atom is 0.172 e. The van der Waals surface area contributed by atoms with E-state index in [1.165, 1.54) is 0 Å². The Morgan fingerprint density at radius 2 is 2.14 bits per heavy atom. The van der Waals surface area contributed by atoms with Crippen LogP contribution >= 0.6 is 11.8 Å². The predicted octanol–water partition coefficient (Wildman–Crippen LogP) is 2.26. The summed E-state index contributed by atoms with van der Waals surface area (Å²) in [6.45, 7) is 0. The van der Waals surface area contributed by atoms with E-state index in [1.807, 2.05) is 36.8 Å². The van der Waals surface area contributed by atoms with Crippen LogP contribution in [-0.2, 0) is 6.42 Å². The van der Waals surface area contributed by atoms with E-state index in [2.05, 4.69) is 31.7 Å². The molecule has 0 saturated carbocycles. The number of para-hydroxylation sites is 1. The molecule has 21 heavy (non-hydrogen) atoms. The topological polar surface area (TPSA) is 72.5 Å². The quantitative estimate of drug-likeness (QED) is 0.685. The van der Waals surface area contributed by atoms with Gasteiger partial charge in [-0.3, -0.25) is 4.57 Å². The van der Waals surface area contributed by atoms with Crippen molar-refractivity contribution in [3.05, 3.63) is 60.9 Å². The molecular weight excluding hydrogens is 282 g/mol. The molecule has 0 saturated heterocycles. The van der Waals surface area contributed by atoms with Crippen molar-refractivity contribution in [2.75, 3.05) is 5.75 Å². The van der Waals surface area contributed by atoms with Gasteiger partial charge in [-0.1, -0.05) is 30.0 Å². The monoisotopic (exact) mass is 299 g/mol. The maximum absolute atomic E-state index is 6.16. The molecule has 3 N–H and O–H groups in total. The Balaban J connectivity index is 1.62. The van der Waals surface area contributed by atoms with Crippen molar-refractivity contribution in [1.82, 2.24) is 19.5 Å². The van der Waals surface area contributed by atoms with Gasteiger partial charge in [0.2, 0.25) is 0 Å². The number of H-pyrrole nitrogens is 1. The minimum absolute atomic E-state index is 0.0661. The minimum atomic E-state index is 0.0661. The molecule has 1 atom stereocenters. The highest BCUT2D eigenvalue weighted by atomic mass is 32.2. The van der Waals surface area contributed by atoms with E-state index in [-0.39, 0.29) is 6.04 Å². The van der Waals surface area contributed by atoms with Gasteiger partial charge in [-0.2, -0.15) is 0 Å². The fraction of sp³-hybridized carbons (Fsp3) is 0.200. The third kappa shape index (κ3) is 3.53. The van der Waals surface area contributed by atoms with Crippen molar-refractivity contribution in [2.45, 2.75) is 17.6 Å². The highest BCUT2D eigenvalue weighted by molar-refractivity contribution is 7.99. The first-order valence-corrected chi connectivity index (χ1v) is 7.76. The predicted molar refractivity (Wildman–Crippen MR) is 84.6 cm³/mol. The van der Waals surface area contributed by atoms with Crippen molar-refractivity contribution >= 4 is 11.8 Å². The minimum Gasteiger partial charge on any atom is -0.348 e. The van der Waals surface area contributed by atoms with E-state index in [4.69, 9.17) is 5.73 Å². The molecule has 0 unspecified atom stereocenters. The summed E-state index contributed by atoms with van der Waals surface area (Å²) in [4.78, 5) is 11.5. The van der Waals surface area contributed by atoms with Crippen LogP contribution in [0.15, 0.2) is 60.4 Å². The molecule has 1 aromatic carbocycles. The Hall–Kier alpha value is -2.05. The molecule has 0 bridgehead atoms. The fourth-order valence-corrected chi connectivity index (χ4v) is 3.02. The van der Waals surface area contributed by atoms with E-state index >= 15 is 0 Å². The fourth-order valence-electron chi connectivity index (χ4n) is 2.10. The van der Waals surface area contributed by atoms with Gasteiger partial charge < -0.3 is 10.7 Å². The van der Waals surface area contributed by atoms with Gasteiger partial charge in [0.05, 0.1) is 6.33 Å². The van der Waals surface area contributed by atoms with Gasteiger partial charge in [-0.15, -0.1) is 0 Å². The highest BCUT2D eigenvalue weighted by Gasteiger charge is 2.10. The summed E-state index contributed by atoms with van der Waals surface area (Å²) in [7, 11) is 0. The van der Waals surface area contributed by atoms with Crippen LogP contribution in [0.1, 0.15) is 5.69 Å². The standard InChI is InChI=1S/C15H17N5S/c16-12(8-13-9-17-11-19-13)10-21-15-18-6-7-20(15)14-4-2-1-3-5-14/h1-7,9,11-12H,8,10,16H2,(H,17,19)/t12-/m0/s1. The summed E-state index contributed by atoms with van der Waals surface area (Å²) in [6, 6.07) is 10.2. The molecule has 3 aromatic rings. The average molecular weight is 299 g/mol. The van der Waals surface area contributed by atoms with Crippen LogP contribution in [0.2, 0.25) is 0 Å². The lowest BCUT2D eigenvalue weighted by molar-refractivity contribution is 0.733. The molecule has 2 heterocycles. The van der Waals surface area contributed by atoms with Crippen LogP contribution in [0.3, 0.4) is 0 Å². The molecule has 3 rings (SSSR count). The zero-order chi connectivity index (χ0) is 14.5. The number of imidazole rings is 2. The summed E-state index contributed by atoms with van der Waals surface area (Å²) in [5.41, 5.74) is 8.34. The number of rotatable bonds is 6. The number of nitrogens with one attached hydrogen (secondary N) is 1. The number of hydrogen-bond donors (Lipinski definition) is 2. The first kappa shape index (κ1) is 13.9. The molecule has 0 fully saturated rings. The lowest BCUT2D eigenvalue weighted by Crippen LogP contribution is -2.25. The second-order valence-corrected chi connectivity index (χ2v) is 5.75. The second-order valence-electron chi connectivity index (χ2n) is 4.77. The molecule has 0 aliphatic rings. The third-order valence-electron chi connectivity index (χ3n) is 3.10. The zero-order valence-electron chi connectivity index (χ0n) is 11.5. The van der Waals surface area contributed by atoms with Gasteiger partial charge in [0.1, 0.15) is 0 Å². The molecular formula is C15H17N5S. The largest absolute Gasteiger partial charge is 0.348 e. The van der Waals surface area contributed by atoms with Crippen LogP contribution < -0.4 is 5.73 Å². The van der Waals surface area contributed by atoms with Crippen molar-refractivity contribution in [2.24, 2.45) is 5.73 Å². The normalized spacial score (nSPS) is 12.4. The van der Waals surface area contributed by atoms with Gasteiger partial charge in [0.25, 0.3) is 0 Å². The number of thioether (sulfide) groups is 1. The van der Waals surface area contributed by atoms with E-state index in [0.29, 0.717) is 0 Å². The zero-order valence-corrected chi connectivity index (χ0v) is 12.3. The highest BCUT2D eigenvalue weighted by Crippen LogP contribution is 2.21. The molecule has 6 heteroatoms. The van der Waals surface area contributed by atoms with Crippen LogP contribution in [-0.4, -0.2) is 31.3 Å². The molecule has 0 spiro atoms. The first-order valence-electron chi connectivity index (χ1n) is 6.77. The summed E-state index contributed by atoms with van der Waals surface area (Å²) in [6.07, 6.45) is 8.07. The Morgan fingerprint density at radius 3 is 2.90 bits per heavy atom. The van der Waals surface area contributed by atoms with Crippen molar-refractivity contribution in [1.29, 1.82) is 0 Å². The van der Waals surface area contributed by atoms with E-state index in [9.17, 15) is 0 Å². The number of aromatic amines is 1. The Bertz CT molecular complexity index is 662. The third-order valence-corrected chi connectivity index (χ3v) is 4.26. The van der Waals surface area contributed by atoms with Crippen LogP contribution in [0.4, 0.5) is 0 Å². The summed E-state index contributed by atoms with van der Waals surface area (Å²) in [5, 5.41) is 0.960. The molecule has 0 radical (unpaired) electrons. The molecule has 2 aromatic heterocycles. The van der Waals surface area contributed by atoms with Crippen LogP contribution in [0.25, 0.3) is 5.69 Å². The van der Waals surface area contributed by atoms with Gasteiger partial charge in [0.15, 0.2) is 5.16 Å². The summed E-state index contributed by atoms with van der Waals surface area (Å²) < 4.78 is 2.08.